The fraction of sp³-hybridized carbons (Fsp3) is 0.667. The summed E-state index contributed by atoms with van der Waals surface area (Å²) in [6, 6.07) is 6.70. The molecule has 0 aliphatic rings. The number of rotatable bonds is 6. The van der Waals surface area contributed by atoms with Crippen LogP contribution < -0.4 is 0 Å². The monoisotopic (exact) mass is 278 g/mol. The van der Waals surface area contributed by atoms with Crippen molar-refractivity contribution >= 4 is 0 Å². The van der Waals surface area contributed by atoms with Gasteiger partial charge in [0.1, 0.15) is 0 Å². The van der Waals surface area contributed by atoms with Gasteiger partial charge in [0.15, 0.2) is 0 Å². The Morgan fingerprint density at radius 1 is 0.800 bits per heavy atom. The molecule has 0 saturated heterocycles. The molecule has 0 radical (unpaired) electrons. The van der Waals surface area contributed by atoms with E-state index in [1.807, 2.05) is 0 Å². The minimum atomic E-state index is 0.139. The second kappa shape index (κ2) is 7.24. The van der Waals surface area contributed by atoms with Crippen LogP contribution in [-0.2, 0) is 28.1 Å². The minimum absolute atomic E-state index is 0.139. The third-order valence-electron chi connectivity index (χ3n) is 3.09. The van der Waals surface area contributed by atoms with E-state index < -0.39 is 0 Å². The highest BCUT2D eigenvalue weighted by atomic mass is 16.5. The quantitative estimate of drug-likeness (QED) is 0.741. The van der Waals surface area contributed by atoms with Crippen LogP contribution in [-0.4, -0.2) is 12.2 Å². The standard InChI is InChI=1S/C18H30O2/c1-13(2)19-11-15-8-16(12-20-14(3)4)10-17(9-15)18(5,6)7/h8-10,13-14H,11-12H2,1-7H3. The maximum atomic E-state index is 5.74. The van der Waals surface area contributed by atoms with Crippen LogP contribution >= 0.6 is 0 Å². The minimum Gasteiger partial charge on any atom is -0.374 e. The molecule has 0 amide bonds. The van der Waals surface area contributed by atoms with Crippen LogP contribution in [0.5, 0.6) is 0 Å². The van der Waals surface area contributed by atoms with Crippen molar-refractivity contribution in [1.29, 1.82) is 0 Å². The molecule has 0 heterocycles. The molecule has 0 N–H and O–H groups in total. The lowest BCUT2D eigenvalue weighted by atomic mass is 9.85. The van der Waals surface area contributed by atoms with E-state index in [0.717, 1.165) is 0 Å². The Bertz CT molecular complexity index is 384. The van der Waals surface area contributed by atoms with Gasteiger partial charge in [-0.25, -0.2) is 0 Å². The number of hydrogen-bond donors (Lipinski definition) is 0. The van der Waals surface area contributed by atoms with E-state index in [0.29, 0.717) is 13.2 Å². The molecule has 0 aliphatic heterocycles. The van der Waals surface area contributed by atoms with Crippen molar-refractivity contribution in [3.63, 3.8) is 0 Å². The normalized spacial score (nSPS) is 12.4. The molecule has 0 aromatic heterocycles. The summed E-state index contributed by atoms with van der Waals surface area (Å²) in [6.45, 7) is 16.3. The van der Waals surface area contributed by atoms with Crippen molar-refractivity contribution in [3.8, 4) is 0 Å². The molecule has 0 atom stereocenters. The molecule has 1 rings (SSSR count). The molecule has 114 valence electrons. The van der Waals surface area contributed by atoms with Crippen molar-refractivity contribution in [3.05, 3.63) is 34.9 Å². The summed E-state index contributed by atoms with van der Waals surface area (Å²) >= 11 is 0. The first-order valence-corrected chi connectivity index (χ1v) is 7.55. The molecule has 2 nitrogen and oxygen atoms in total. The first-order chi connectivity index (χ1) is 9.18. The van der Waals surface area contributed by atoms with E-state index in [9.17, 15) is 0 Å². The maximum Gasteiger partial charge on any atom is 0.0720 e. The summed E-state index contributed by atoms with van der Waals surface area (Å²) in [5.74, 6) is 0. The number of hydrogen-bond acceptors (Lipinski definition) is 2. The molecule has 0 saturated carbocycles. The summed E-state index contributed by atoms with van der Waals surface area (Å²) in [7, 11) is 0. The lowest BCUT2D eigenvalue weighted by Gasteiger charge is -2.22. The number of benzene rings is 1. The predicted octanol–water partition coefficient (Wildman–Crippen LogP) is 4.83. The van der Waals surface area contributed by atoms with E-state index in [-0.39, 0.29) is 17.6 Å². The van der Waals surface area contributed by atoms with Crippen LogP contribution in [0.25, 0.3) is 0 Å². The average molecular weight is 278 g/mol. The molecule has 0 aliphatic carbocycles. The Morgan fingerprint density at radius 3 is 1.50 bits per heavy atom. The summed E-state index contributed by atoms with van der Waals surface area (Å²) in [5.41, 5.74) is 3.94. The van der Waals surface area contributed by atoms with Crippen molar-refractivity contribution in [2.24, 2.45) is 0 Å². The topological polar surface area (TPSA) is 18.5 Å². The third-order valence-corrected chi connectivity index (χ3v) is 3.09. The Labute approximate surface area is 124 Å². The van der Waals surface area contributed by atoms with E-state index in [1.165, 1.54) is 16.7 Å². The Kier molecular flexibility index (Phi) is 6.22. The van der Waals surface area contributed by atoms with Crippen molar-refractivity contribution in [2.45, 2.75) is 79.3 Å². The van der Waals surface area contributed by atoms with Crippen molar-refractivity contribution in [2.75, 3.05) is 0 Å². The van der Waals surface area contributed by atoms with Crippen molar-refractivity contribution in [1.82, 2.24) is 0 Å². The molecule has 0 bridgehead atoms. The van der Waals surface area contributed by atoms with Gasteiger partial charge >= 0.3 is 0 Å². The highest BCUT2D eigenvalue weighted by Gasteiger charge is 2.15. The molecule has 2 heteroatoms. The van der Waals surface area contributed by atoms with Gasteiger partial charge in [0.25, 0.3) is 0 Å². The predicted molar refractivity (Wildman–Crippen MR) is 85.0 cm³/mol. The molecule has 0 unspecified atom stereocenters. The molecule has 1 aromatic carbocycles. The maximum absolute atomic E-state index is 5.74. The third kappa shape index (κ3) is 6.06. The van der Waals surface area contributed by atoms with E-state index in [4.69, 9.17) is 9.47 Å². The summed E-state index contributed by atoms with van der Waals surface area (Å²) < 4.78 is 11.5. The van der Waals surface area contributed by atoms with Gasteiger partial charge in [0.2, 0.25) is 0 Å². The van der Waals surface area contributed by atoms with Gasteiger partial charge in [0.05, 0.1) is 25.4 Å². The first-order valence-electron chi connectivity index (χ1n) is 7.55. The first kappa shape index (κ1) is 17.2. The highest BCUT2D eigenvalue weighted by molar-refractivity contribution is 5.33. The van der Waals surface area contributed by atoms with E-state index in [1.54, 1.807) is 0 Å². The molecule has 20 heavy (non-hydrogen) atoms. The molecular weight excluding hydrogens is 248 g/mol. The molecule has 0 spiro atoms. The zero-order valence-corrected chi connectivity index (χ0v) is 14.1. The Morgan fingerprint density at radius 2 is 1.20 bits per heavy atom. The van der Waals surface area contributed by atoms with Gasteiger partial charge in [0, 0.05) is 0 Å². The van der Waals surface area contributed by atoms with Gasteiger partial charge in [-0.15, -0.1) is 0 Å². The van der Waals surface area contributed by atoms with E-state index in [2.05, 4.69) is 66.7 Å². The van der Waals surface area contributed by atoms with Crippen LogP contribution in [0.15, 0.2) is 18.2 Å². The lowest BCUT2D eigenvalue weighted by molar-refractivity contribution is 0.0624. The average Bonchev–Trinajstić information content (AvgIpc) is 2.32. The highest BCUT2D eigenvalue weighted by Crippen LogP contribution is 2.25. The van der Waals surface area contributed by atoms with Crippen LogP contribution in [0, 0.1) is 0 Å². The SMILES string of the molecule is CC(C)OCc1cc(COC(C)C)cc(C(C)(C)C)c1. The molecule has 1 aromatic rings. The lowest BCUT2D eigenvalue weighted by Crippen LogP contribution is -2.13. The Hall–Kier alpha value is -0.860. The van der Waals surface area contributed by atoms with Gasteiger partial charge in [-0.1, -0.05) is 39.0 Å². The van der Waals surface area contributed by atoms with Crippen LogP contribution in [0.3, 0.4) is 0 Å². The van der Waals surface area contributed by atoms with Gasteiger partial charge in [-0.2, -0.15) is 0 Å². The fourth-order valence-corrected chi connectivity index (χ4v) is 1.89. The van der Waals surface area contributed by atoms with Gasteiger partial charge in [-0.05, 0) is 49.8 Å². The van der Waals surface area contributed by atoms with E-state index >= 15 is 0 Å². The zero-order chi connectivity index (χ0) is 15.3. The van der Waals surface area contributed by atoms with Crippen molar-refractivity contribution < 1.29 is 9.47 Å². The smallest absolute Gasteiger partial charge is 0.0720 e. The second-order valence-corrected chi connectivity index (χ2v) is 7.01. The fourth-order valence-electron chi connectivity index (χ4n) is 1.89. The summed E-state index contributed by atoms with van der Waals surface area (Å²) in [6.07, 6.45) is 0.507. The largest absolute Gasteiger partial charge is 0.374 e. The number of ether oxygens (including phenoxy) is 2. The second-order valence-electron chi connectivity index (χ2n) is 7.01. The Balaban J connectivity index is 2.95. The summed E-state index contributed by atoms with van der Waals surface area (Å²) in [4.78, 5) is 0. The zero-order valence-electron chi connectivity index (χ0n) is 14.1. The van der Waals surface area contributed by atoms with Gasteiger partial charge < -0.3 is 9.47 Å². The summed E-state index contributed by atoms with van der Waals surface area (Å²) in [5, 5.41) is 0. The van der Waals surface area contributed by atoms with Crippen LogP contribution in [0.2, 0.25) is 0 Å². The molecule has 0 fully saturated rings. The van der Waals surface area contributed by atoms with Crippen LogP contribution in [0.1, 0.15) is 65.2 Å². The van der Waals surface area contributed by atoms with Gasteiger partial charge in [-0.3, -0.25) is 0 Å². The molecular formula is C18H30O2. The van der Waals surface area contributed by atoms with Crippen LogP contribution in [0.4, 0.5) is 0 Å².